The third kappa shape index (κ3) is 6.80. The molecule has 2 rings (SSSR count). The standard InChI is InChI=1S/C21H25BrN2O3S/c1-3-4-5-8-13-27-18-12-11-15(14-16(18)22)20(25)24-21(28)23-17-9-6-7-10-19(17)26-2/h6-7,9-12,14H,3-5,8,13H2,1-2H3,(H2,23,24,25,28). The minimum atomic E-state index is -0.303. The zero-order chi connectivity index (χ0) is 20.4. The van der Waals surface area contributed by atoms with Gasteiger partial charge >= 0.3 is 0 Å². The van der Waals surface area contributed by atoms with Crippen molar-refractivity contribution < 1.29 is 14.3 Å². The van der Waals surface area contributed by atoms with Crippen molar-refractivity contribution in [2.75, 3.05) is 19.0 Å². The number of halogens is 1. The second-order valence-corrected chi connectivity index (χ2v) is 7.43. The highest BCUT2D eigenvalue weighted by molar-refractivity contribution is 9.10. The summed E-state index contributed by atoms with van der Waals surface area (Å²) in [7, 11) is 1.58. The maximum absolute atomic E-state index is 12.5. The van der Waals surface area contributed by atoms with Crippen molar-refractivity contribution in [1.82, 2.24) is 5.32 Å². The predicted molar refractivity (Wildman–Crippen MR) is 120 cm³/mol. The Kier molecular flexibility index (Phi) is 9.23. The zero-order valence-electron chi connectivity index (χ0n) is 16.1. The Morgan fingerprint density at radius 3 is 2.61 bits per heavy atom. The summed E-state index contributed by atoms with van der Waals surface area (Å²) in [5.74, 6) is 1.06. The molecule has 0 radical (unpaired) electrons. The van der Waals surface area contributed by atoms with E-state index < -0.39 is 0 Å². The number of unbranched alkanes of at least 4 members (excludes halogenated alkanes) is 3. The zero-order valence-corrected chi connectivity index (χ0v) is 18.5. The van der Waals surface area contributed by atoms with Gasteiger partial charge in [0, 0.05) is 5.56 Å². The molecule has 150 valence electrons. The first-order valence-corrected chi connectivity index (χ1v) is 10.4. The van der Waals surface area contributed by atoms with Gasteiger partial charge in [-0.2, -0.15) is 0 Å². The lowest BCUT2D eigenvalue weighted by atomic mass is 10.2. The molecule has 0 fully saturated rings. The van der Waals surface area contributed by atoms with Crippen LogP contribution in [0, 0.1) is 0 Å². The van der Waals surface area contributed by atoms with Crippen molar-refractivity contribution in [2.24, 2.45) is 0 Å². The Hall–Kier alpha value is -2.12. The summed E-state index contributed by atoms with van der Waals surface area (Å²) in [6, 6.07) is 12.6. The number of nitrogens with one attached hydrogen (secondary N) is 2. The van der Waals surface area contributed by atoms with Crippen LogP contribution in [0.5, 0.6) is 11.5 Å². The van der Waals surface area contributed by atoms with E-state index >= 15 is 0 Å². The molecule has 0 unspecified atom stereocenters. The Labute approximate surface area is 179 Å². The summed E-state index contributed by atoms with van der Waals surface area (Å²) in [6.45, 7) is 2.84. The van der Waals surface area contributed by atoms with E-state index in [1.807, 2.05) is 24.3 Å². The number of anilines is 1. The minimum Gasteiger partial charge on any atom is -0.495 e. The number of hydrogen-bond donors (Lipinski definition) is 2. The van der Waals surface area contributed by atoms with Crippen LogP contribution < -0.4 is 20.1 Å². The van der Waals surface area contributed by atoms with Crippen LogP contribution in [0.25, 0.3) is 0 Å². The van der Waals surface area contributed by atoms with Gasteiger partial charge in [0.1, 0.15) is 11.5 Å². The summed E-state index contributed by atoms with van der Waals surface area (Å²) < 4.78 is 11.8. The molecule has 2 N–H and O–H groups in total. The van der Waals surface area contributed by atoms with Crippen molar-refractivity contribution >= 4 is 44.9 Å². The van der Waals surface area contributed by atoms with Crippen LogP contribution >= 0.6 is 28.1 Å². The summed E-state index contributed by atoms with van der Waals surface area (Å²) in [5.41, 5.74) is 1.16. The number of rotatable bonds is 9. The molecule has 0 aliphatic heterocycles. The Balaban J connectivity index is 1.91. The molecule has 28 heavy (non-hydrogen) atoms. The number of para-hydroxylation sites is 2. The summed E-state index contributed by atoms with van der Waals surface area (Å²) in [6.07, 6.45) is 4.59. The fourth-order valence-corrected chi connectivity index (χ4v) is 3.24. The van der Waals surface area contributed by atoms with Crippen molar-refractivity contribution in [1.29, 1.82) is 0 Å². The lowest BCUT2D eigenvalue weighted by Crippen LogP contribution is -2.34. The normalized spacial score (nSPS) is 10.2. The second kappa shape index (κ2) is 11.7. The number of carbonyl (C=O) groups is 1. The number of thiocarbonyl (C=S) groups is 1. The van der Waals surface area contributed by atoms with Gasteiger partial charge < -0.3 is 14.8 Å². The molecular weight excluding hydrogens is 440 g/mol. The molecule has 0 bridgehead atoms. The van der Waals surface area contributed by atoms with E-state index in [1.54, 1.807) is 25.3 Å². The SMILES string of the molecule is CCCCCCOc1ccc(C(=O)NC(=S)Nc2ccccc2OC)cc1Br. The van der Waals surface area contributed by atoms with Crippen molar-refractivity contribution in [3.05, 3.63) is 52.5 Å². The van der Waals surface area contributed by atoms with Gasteiger partial charge in [-0.15, -0.1) is 0 Å². The Morgan fingerprint density at radius 1 is 1.11 bits per heavy atom. The fourth-order valence-electron chi connectivity index (χ4n) is 2.55. The highest BCUT2D eigenvalue weighted by Crippen LogP contribution is 2.26. The smallest absolute Gasteiger partial charge is 0.257 e. The Morgan fingerprint density at radius 2 is 1.89 bits per heavy atom. The molecule has 0 aromatic heterocycles. The number of carbonyl (C=O) groups excluding carboxylic acids is 1. The summed E-state index contributed by atoms with van der Waals surface area (Å²) >= 11 is 8.70. The third-order valence-electron chi connectivity index (χ3n) is 4.03. The van der Waals surface area contributed by atoms with E-state index in [0.29, 0.717) is 23.6 Å². The first-order valence-electron chi connectivity index (χ1n) is 9.22. The van der Waals surface area contributed by atoms with Gasteiger partial charge in [-0.25, -0.2) is 0 Å². The maximum atomic E-state index is 12.5. The Bertz CT molecular complexity index is 814. The molecule has 0 atom stereocenters. The van der Waals surface area contributed by atoms with Gasteiger partial charge in [-0.1, -0.05) is 38.3 Å². The lowest BCUT2D eigenvalue weighted by molar-refractivity contribution is 0.0977. The van der Waals surface area contributed by atoms with Crippen molar-refractivity contribution in [2.45, 2.75) is 32.6 Å². The van der Waals surface area contributed by atoms with Gasteiger partial charge in [0.25, 0.3) is 5.91 Å². The summed E-state index contributed by atoms with van der Waals surface area (Å²) in [4.78, 5) is 12.5. The fraction of sp³-hybridized carbons (Fsp3) is 0.333. The van der Waals surface area contributed by atoms with Crippen LogP contribution in [0.15, 0.2) is 46.9 Å². The second-order valence-electron chi connectivity index (χ2n) is 6.16. The molecule has 2 aromatic carbocycles. The number of amides is 1. The molecule has 0 aliphatic rings. The quantitative estimate of drug-likeness (QED) is 0.376. The molecule has 2 aromatic rings. The van der Waals surface area contributed by atoms with E-state index in [1.165, 1.54) is 12.8 Å². The molecule has 0 aliphatic carbocycles. The highest BCUT2D eigenvalue weighted by Gasteiger charge is 2.12. The first-order chi connectivity index (χ1) is 13.5. The van der Waals surface area contributed by atoms with E-state index in [9.17, 15) is 4.79 Å². The molecule has 7 heteroatoms. The molecule has 0 saturated carbocycles. The van der Waals surface area contributed by atoms with E-state index in [-0.39, 0.29) is 11.0 Å². The van der Waals surface area contributed by atoms with E-state index in [2.05, 4.69) is 33.5 Å². The lowest BCUT2D eigenvalue weighted by Gasteiger charge is -2.13. The average molecular weight is 465 g/mol. The molecule has 1 amide bonds. The molecule has 5 nitrogen and oxygen atoms in total. The molecular formula is C21H25BrN2O3S. The van der Waals surface area contributed by atoms with Crippen LogP contribution in [-0.2, 0) is 0 Å². The van der Waals surface area contributed by atoms with Crippen LogP contribution in [0.1, 0.15) is 43.0 Å². The van der Waals surface area contributed by atoms with Crippen molar-refractivity contribution in [3.63, 3.8) is 0 Å². The predicted octanol–water partition coefficient (Wildman–Crippen LogP) is 5.54. The third-order valence-corrected chi connectivity index (χ3v) is 4.86. The monoisotopic (exact) mass is 464 g/mol. The van der Waals surface area contributed by atoms with Gasteiger partial charge in [0.05, 0.1) is 23.9 Å². The highest BCUT2D eigenvalue weighted by atomic mass is 79.9. The minimum absolute atomic E-state index is 0.196. The number of hydrogen-bond acceptors (Lipinski definition) is 4. The van der Waals surface area contributed by atoms with Gasteiger partial charge in [-0.05, 0) is 64.9 Å². The largest absolute Gasteiger partial charge is 0.495 e. The van der Waals surface area contributed by atoms with Gasteiger partial charge in [0.2, 0.25) is 0 Å². The van der Waals surface area contributed by atoms with Crippen molar-refractivity contribution in [3.8, 4) is 11.5 Å². The number of benzene rings is 2. The molecule has 0 heterocycles. The first kappa shape index (κ1) is 22.2. The molecule has 0 saturated heterocycles. The van der Waals surface area contributed by atoms with Crippen LogP contribution in [0.2, 0.25) is 0 Å². The summed E-state index contributed by atoms with van der Waals surface area (Å²) in [5, 5.41) is 5.84. The van der Waals surface area contributed by atoms with Crippen LogP contribution in [0.4, 0.5) is 5.69 Å². The topological polar surface area (TPSA) is 59.6 Å². The van der Waals surface area contributed by atoms with Crippen LogP contribution in [0.3, 0.4) is 0 Å². The number of ether oxygens (including phenoxy) is 2. The van der Waals surface area contributed by atoms with E-state index in [0.717, 1.165) is 23.1 Å². The molecule has 0 spiro atoms. The van der Waals surface area contributed by atoms with Crippen LogP contribution in [-0.4, -0.2) is 24.7 Å². The maximum Gasteiger partial charge on any atom is 0.257 e. The van der Waals surface area contributed by atoms with E-state index in [4.69, 9.17) is 21.7 Å². The van der Waals surface area contributed by atoms with Gasteiger partial charge in [-0.3, -0.25) is 10.1 Å². The number of methoxy groups -OCH3 is 1. The average Bonchev–Trinajstić information content (AvgIpc) is 2.69. The van der Waals surface area contributed by atoms with Gasteiger partial charge in [0.15, 0.2) is 5.11 Å².